The topological polar surface area (TPSA) is 69.6 Å². The average molecular weight is 244 g/mol. The molecule has 0 aliphatic carbocycles. The van der Waals surface area contributed by atoms with Crippen molar-refractivity contribution in [3.05, 3.63) is 0 Å². The van der Waals surface area contributed by atoms with Crippen LogP contribution in [-0.4, -0.2) is 40.1 Å². The van der Waals surface area contributed by atoms with Crippen LogP contribution in [0, 0.1) is 0 Å². The van der Waals surface area contributed by atoms with Crippen LogP contribution in [-0.2, 0) is 4.79 Å². The number of rotatable bonds is 5. The number of amides is 2. The number of hydrogen-bond acceptors (Lipinski definition) is 2. The number of hydrogen-bond donors (Lipinski definition) is 2. The van der Waals surface area contributed by atoms with Gasteiger partial charge >= 0.3 is 12.0 Å². The van der Waals surface area contributed by atoms with Gasteiger partial charge in [-0.2, -0.15) is 0 Å². The van der Waals surface area contributed by atoms with Gasteiger partial charge in [-0.15, -0.1) is 0 Å². The highest BCUT2D eigenvalue weighted by molar-refractivity contribution is 5.77. The number of carboxylic acids is 1. The Morgan fingerprint density at radius 2 is 1.71 bits per heavy atom. The fourth-order valence-electron chi connectivity index (χ4n) is 1.31. The van der Waals surface area contributed by atoms with E-state index in [1.165, 1.54) is 0 Å². The minimum atomic E-state index is -0.923. The summed E-state index contributed by atoms with van der Waals surface area (Å²) in [4.78, 5) is 24.2. The van der Waals surface area contributed by atoms with E-state index in [1.807, 2.05) is 20.8 Å². The molecule has 0 spiro atoms. The summed E-state index contributed by atoms with van der Waals surface area (Å²) in [6, 6.07) is -0.247. The van der Waals surface area contributed by atoms with Crippen LogP contribution in [0.25, 0.3) is 0 Å². The number of nitrogens with zero attached hydrogens (tertiary/aromatic N) is 1. The first-order chi connectivity index (χ1) is 7.52. The van der Waals surface area contributed by atoms with E-state index in [0.717, 1.165) is 6.42 Å². The Labute approximate surface area is 103 Å². The van der Waals surface area contributed by atoms with E-state index < -0.39 is 11.5 Å². The van der Waals surface area contributed by atoms with E-state index in [0.29, 0.717) is 0 Å². The van der Waals surface area contributed by atoms with E-state index in [1.54, 1.807) is 25.8 Å². The molecular formula is C12H24N2O3. The van der Waals surface area contributed by atoms with Crippen molar-refractivity contribution < 1.29 is 14.7 Å². The van der Waals surface area contributed by atoms with Gasteiger partial charge in [-0.25, -0.2) is 4.79 Å². The fraction of sp³-hybridized carbons (Fsp3) is 0.833. The van der Waals surface area contributed by atoms with E-state index >= 15 is 0 Å². The molecule has 0 saturated heterocycles. The Hall–Kier alpha value is -1.26. The molecule has 0 heterocycles. The predicted molar refractivity (Wildman–Crippen MR) is 67.0 cm³/mol. The second kappa shape index (κ2) is 5.38. The van der Waals surface area contributed by atoms with E-state index in [4.69, 9.17) is 5.11 Å². The van der Waals surface area contributed by atoms with Crippen LogP contribution in [0.1, 0.15) is 47.5 Å². The van der Waals surface area contributed by atoms with Crippen molar-refractivity contribution in [1.82, 2.24) is 10.2 Å². The molecule has 0 fully saturated rings. The summed E-state index contributed by atoms with van der Waals surface area (Å²) < 4.78 is 0. The first-order valence-corrected chi connectivity index (χ1v) is 5.79. The first kappa shape index (κ1) is 15.7. The third-order valence-electron chi connectivity index (χ3n) is 3.12. The summed E-state index contributed by atoms with van der Waals surface area (Å²) in [5.41, 5.74) is -0.996. The van der Waals surface area contributed by atoms with Gasteiger partial charge in [-0.3, -0.25) is 4.79 Å². The molecule has 5 nitrogen and oxygen atoms in total. The highest BCUT2D eigenvalue weighted by atomic mass is 16.4. The quantitative estimate of drug-likeness (QED) is 0.777. The van der Waals surface area contributed by atoms with Gasteiger partial charge < -0.3 is 15.3 Å². The third-order valence-corrected chi connectivity index (χ3v) is 3.12. The minimum absolute atomic E-state index is 0.0981. The van der Waals surface area contributed by atoms with Crippen LogP contribution >= 0.6 is 0 Å². The van der Waals surface area contributed by atoms with Gasteiger partial charge in [0.15, 0.2) is 0 Å². The Morgan fingerprint density at radius 3 is 2.06 bits per heavy atom. The maximum Gasteiger partial charge on any atom is 0.318 e. The molecule has 0 aliphatic heterocycles. The second-order valence-corrected chi connectivity index (χ2v) is 5.61. The van der Waals surface area contributed by atoms with E-state index in [-0.39, 0.29) is 18.0 Å². The molecular weight excluding hydrogens is 220 g/mol. The van der Waals surface area contributed by atoms with Gasteiger partial charge in [0.1, 0.15) is 0 Å². The van der Waals surface area contributed by atoms with Crippen LogP contribution in [0.2, 0.25) is 0 Å². The molecule has 0 atom stereocenters. The summed E-state index contributed by atoms with van der Waals surface area (Å²) in [5.74, 6) is -0.923. The summed E-state index contributed by atoms with van der Waals surface area (Å²) >= 11 is 0. The zero-order valence-corrected chi connectivity index (χ0v) is 11.6. The Balaban J connectivity index is 4.59. The first-order valence-electron chi connectivity index (χ1n) is 5.79. The molecule has 0 aromatic carbocycles. The van der Waals surface area contributed by atoms with Crippen molar-refractivity contribution in [1.29, 1.82) is 0 Å². The lowest BCUT2D eigenvalue weighted by Crippen LogP contribution is -2.55. The number of nitrogens with one attached hydrogen (secondary N) is 1. The number of urea groups is 1. The third kappa shape index (κ3) is 5.06. The molecule has 0 radical (unpaired) electrons. The Morgan fingerprint density at radius 1 is 1.24 bits per heavy atom. The zero-order chi connectivity index (χ0) is 13.9. The molecule has 0 aromatic heterocycles. The molecule has 5 heteroatoms. The van der Waals surface area contributed by atoms with Crippen molar-refractivity contribution in [2.24, 2.45) is 0 Å². The minimum Gasteiger partial charge on any atom is -0.481 e. The highest BCUT2D eigenvalue weighted by Crippen LogP contribution is 2.18. The zero-order valence-electron chi connectivity index (χ0n) is 11.6. The maximum absolute atomic E-state index is 12.0. The smallest absolute Gasteiger partial charge is 0.318 e. The molecule has 0 bridgehead atoms. The second-order valence-electron chi connectivity index (χ2n) is 5.61. The monoisotopic (exact) mass is 244 g/mol. The van der Waals surface area contributed by atoms with Gasteiger partial charge in [-0.05, 0) is 34.1 Å². The standard InChI is InChI=1S/C12H24N2O3/c1-7-12(4,5)14(6)10(17)13-11(2,3)8-9(15)16/h7-8H2,1-6H3,(H,13,17)(H,15,16). The van der Waals surface area contributed by atoms with Crippen molar-refractivity contribution in [2.75, 3.05) is 7.05 Å². The lowest BCUT2D eigenvalue weighted by Gasteiger charge is -2.37. The Kier molecular flexibility index (Phi) is 4.98. The molecule has 2 amide bonds. The van der Waals surface area contributed by atoms with E-state index in [2.05, 4.69) is 5.32 Å². The molecule has 100 valence electrons. The fourth-order valence-corrected chi connectivity index (χ4v) is 1.31. The van der Waals surface area contributed by atoms with Crippen molar-refractivity contribution in [3.8, 4) is 0 Å². The number of carboxylic acid groups (broad SMARTS) is 1. The van der Waals surface area contributed by atoms with Gasteiger partial charge in [0.2, 0.25) is 0 Å². The lowest BCUT2D eigenvalue weighted by atomic mass is 9.99. The Bertz CT molecular complexity index is 298. The van der Waals surface area contributed by atoms with Crippen LogP contribution in [0.3, 0.4) is 0 Å². The molecule has 17 heavy (non-hydrogen) atoms. The van der Waals surface area contributed by atoms with Crippen LogP contribution < -0.4 is 5.32 Å². The van der Waals surface area contributed by atoms with Gasteiger partial charge in [0.05, 0.1) is 6.42 Å². The van der Waals surface area contributed by atoms with Gasteiger partial charge in [0.25, 0.3) is 0 Å². The normalized spacial score (nSPS) is 12.1. The van der Waals surface area contributed by atoms with Crippen LogP contribution in [0.5, 0.6) is 0 Å². The van der Waals surface area contributed by atoms with E-state index in [9.17, 15) is 9.59 Å². The maximum atomic E-state index is 12.0. The van der Waals surface area contributed by atoms with Gasteiger partial charge in [-0.1, -0.05) is 6.92 Å². The summed E-state index contributed by atoms with van der Waals surface area (Å²) in [5, 5.41) is 11.5. The molecule has 2 N–H and O–H groups in total. The summed E-state index contributed by atoms with van der Waals surface area (Å²) in [7, 11) is 1.72. The van der Waals surface area contributed by atoms with Crippen LogP contribution in [0.4, 0.5) is 4.79 Å². The van der Waals surface area contributed by atoms with Crippen molar-refractivity contribution in [2.45, 2.75) is 58.5 Å². The largest absolute Gasteiger partial charge is 0.481 e. The number of carbonyl (C=O) groups excluding carboxylic acids is 1. The molecule has 0 rings (SSSR count). The average Bonchev–Trinajstić information content (AvgIpc) is 2.13. The molecule has 0 unspecified atom stereocenters. The summed E-state index contributed by atoms with van der Waals surface area (Å²) in [6.45, 7) is 9.34. The van der Waals surface area contributed by atoms with Crippen LogP contribution in [0.15, 0.2) is 0 Å². The van der Waals surface area contributed by atoms with Crippen molar-refractivity contribution >= 4 is 12.0 Å². The molecule has 0 saturated carbocycles. The SMILES string of the molecule is CCC(C)(C)N(C)C(=O)NC(C)(C)CC(=O)O. The highest BCUT2D eigenvalue weighted by Gasteiger charge is 2.30. The number of carbonyl (C=O) groups is 2. The predicted octanol–water partition coefficient (Wildman–Crippen LogP) is 2.07. The number of aliphatic carboxylic acids is 1. The van der Waals surface area contributed by atoms with Gasteiger partial charge in [0, 0.05) is 18.1 Å². The lowest BCUT2D eigenvalue weighted by molar-refractivity contribution is -0.138. The molecule has 0 aromatic rings. The van der Waals surface area contributed by atoms with Crippen molar-refractivity contribution in [3.63, 3.8) is 0 Å². The molecule has 0 aliphatic rings. The summed E-state index contributed by atoms with van der Waals surface area (Å²) in [6.07, 6.45) is 0.732.